The van der Waals surface area contributed by atoms with E-state index in [1.165, 1.54) is 18.2 Å². The van der Waals surface area contributed by atoms with Crippen molar-refractivity contribution in [1.29, 1.82) is 0 Å². The quantitative estimate of drug-likeness (QED) is 0.533. The van der Waals surface area contributed by atoms with Gasteiger partial charge in [-0.1, -0.05) is 66.7 Å². The Morgan fingerprint density at radius 1 is 0.778 bits per heavy atom. The number of hydrogen-bond donors (Lipinski definition) is 0. The number of ether oxygens (including phenoxy) is 2. The summed E-state index contributed by atoms with van der Waals surface area (Å²) in [6, 6.07) is 26.8. The summed E-state index contributed by atoms with van der Waals surface area (Å²) in [5.41, 5.74) is 4.83. The molecule has 0 aromatic heterocycles. The maximum Gasteiger partial charge on any atom is 0.305 e. The van der Waals surface area contributed by atoms with Crippen LogP contribution in [0.2, 0.25) is 0 Å². The molecule has 3 nitrogen and oxygen atoms in total. The maximum absolute atomic E-state index is 11.2. The van der Waals surface area contributed by atoms with E-state index in [1.807, 2.05) is 30.3 Å². The molecule has 27 heavy (non-hydrogen) atoms. The Balaban J connectivity index is 1.54. The third-order valence-electron chi connectivity index (χ3n) is 4.42. The van der Waals surface area contributed by atoms with Gasteiger partial charge in [0.15, 0.2) is 0 Å². The molecule has 0 aliphatic heterocycles. The van der Waals surface area contributed by atoms with Gasteiger partial charge in [0.2, 0.25) is 0 Å². The highest BCUT2D eigenvalue weighted by Crippen LogP contribution is 2.17. The molecule has 0 saturated carbocycles. The number of benzene rings is 3. The number of carbonyl (C=O) groups is 1. The molecule has 0 amide bonds. The van der Waals surface area contributed by atoms with Crippen molar-refractivity contribution in [3.8, 4) is 5.75 Å². The van der Waals surface area contributed by atoms with Crippen LogP contribution in [0.1, 0.15) is 28.7 Å². The van der Waals surface area contributed by atoms with Crippen LogP contribution in [-0.2, 0) is 29.0 Å². The van der Waals surface area contributed by atoms with Crippen LogP contribution in [0.15, 0.2) is 78.9 Å². The van der Waals surface area contributed by atoms with Gasteiger partial charge in [-0.15, -0.1) is 0 Å². The highest BCUT2D eigenvalue weighted by Gasteiger charge is 2.03. The highest BCUT2D eigenvalue weighted by molar-refractivity contribution is 5.69. The first kappa shape index (κ1) is 18.7. The first-order valence-corrected chi connectivity index (χ1v) is 9.13. The lowest BCUT2D eigenvalue weighted by molar-refractivity contribution is -0.140. The van der Waals surface area contributed by atoms with Gasteiger partial charge >= 0.3 is 5.97 Å². The van der Waals surface area contributed by atoms with Crippen molar-refractivity contribution < 1.29 is 14.3 Å². The summed E-state index contributed by atoms with van der Waals surface area (Å²) >= 11 is 0. The van der Waals surface area contributed by atoms with Crippen LogP contribution in [0.5, 0.6) is 5.75 Å². The summed E-state index contributed by atoms with van der Waals surface area (Å²) in [6.07, 6.45) is 1.99. The van der Waals surface area contributed by atoms with Crippen LogP contribution < -0.4 is 4.74 Å². The second-order valence-electron chi connectivity index (χ2n) is 6.49. The van der Waals surface area contributed by atoms with E-state index in [9.17, 15) is 4.79 Å². The minimum atomic E-state index is -0.189. The van der Waals surface area contributed by atoms with E-state index in [0.717, 1.165) is 23.3 Å². The molecule has 0 atom stereocenters. The van der Waals surface area contributed by atoms with Crippen LogP contribution in [0.4, 0.5) is 0 Å². The first-order chi connectivity index (χ1) is 13.2. The molecule has 0 spiro atoms. The van der Waals surface area contributed by atoms with Gasteiger partial charge in [-0.2, -0.15) is 0 Å². The van der Waals surface area contributed by atoms with Crippen LogP contribution in [0.3, 0.4) is 0 Å². The van der Waals surface area contributed by atoms with Gasteiger partial charge in [0.1, 0.15) is 12.4 Å². The minimum Gasteiger partial charge on any atom is -0.489 e. The van der Waals surface area contributed by atoms with Crippen molar-refractivity contribution in [3.63, 3.8) is 0 Å². The molecule has 0 heterocycles. The Morgan fingerprint density at radius 3 is 2.22 bits per heavy atom. The third kappa shape index (κ3) is 6.00. The van der Waals surface area contributed by atoms with E-state index < -0.39 is 0 Å². The van der Waals surface area contributed by atoms with Gasteiger partial charge in [-0.3, -0.25) is 4.79 Å². The fraction of sp³-hybridized carbons (Fsp3) is 0.208. The van der Waals surface area contributed by atoms with Gasteiger partial charge in [0.05, 0.1) is 7.11 Å². The predicted molar refractivity (Wildman–Crippen MR) is 107 cm³/mol. The molecule has 0 aliphatic carbocycles. The zero-order chi connectivity index (χ0) is 18.9. The number of hydrogen-bond acceptors (Lipinski definition) is 3. The average molecular weight is 360 g/mol. The van der Waals surface area contributed by atoms with Gasteiger partial charge in [-0.05, 0) is 47.2 Å². The molecular formula is C24H24O3. The molecule has 138 valence electrons. The molecule has 3 aromatic carbocycles. The zero-order valence-corrected chi connectivity index (χ0v) is 15.6. The lowest BCUT2D eigenvalue weighted by Gasteiger charge is -2.09. The van der Waals surface area contributed by atoms with Gasteiger partial charge < -0.3 is 9.47 Å². The molecule has 0 unspecified atom stereocenters. The standard InChI is InChI=1S/C24H24O3/c1-26-24(25)15-12-19-10-13-23(14-11-19)27-18-22-9-5-8-21(17-22)16-20-6-3-2-4-7-20/h2-11,13-14,17H,12,15-16,18H2,1H3. The number of carbonyl (C=O) groups excluding carboxylic acids is 1. The van der Waals surface area contributed by atoms with E-state index in [-0.39, 0.29) is 5.97 Å². The fourth-order valence-corrected chi connectivity index (χ4v) is 2.93. The van der Waals surface area contributed by atoms with Crippen LogP contribution in [0, 0.1) is 0 Å². The summed E-state index contributed by atoms with van der Waals surface area (Å²) < 4.78 is 10.6. The summed E-state index contributed by atoms with van der Waals surface area (Å²) in [5, 5.41) is 0. The molecule has 0 fully saturated rings. The Hall–Kier alpha value is -3.07. The topological polar surface area (TPSA) is 35.5 Å². The number of methoxy groups -OCH3 is 1. The maximum atomic E-state index is 11.2. The number of esters is 1. The monoisotopic (exact) mass is 360 g/mol. The van der Waals surface area contributed by atoms with Gasteiger partial charge in [0.25, 0.3) is 0 Å². The van der Waals surface area contributed by atoms with Crippen molar-refractivity contribution in [2.45, 2.75) is 25.9 Å². The lowest BCUT2D eigenvalue weighted by Crippen LogP contribution is -2.02. The van der Waals surface area contributed by atoms with E-state index in [1.54, 1.807) is 0 Å². The summed E-state index contributed by atoms with van der Waals surface area (Å²) in [4.78, 5) is 11.2. The molecule has 0 radical (unpaired) electrons. The lowest BCUT2D eigenvalue weighted by atomic mass is 10.0. The molecule has 3 rings (SSSR count). The summed E-state index contributed by atoms with van der Waals surface area (Å²) in [7, 11) is 1.41. The Bertz CT molecular complexity index is 854. The van der Waals surface area contributed by atoms with Crippen LogP contribution in [0.25, 0.3) is 0 Å². The molecule has 0 saturated heterocycles. The van der Waals surface area contributed by atoms with Crippen molar-refractivity contribution in [3.05, 3.63) is 101 Å². The Labute approximate surface area is 160 Å². The Morgan fingerprint density at radius 2 is 1.48 bits per heavy atom. The predicted octanol–water partition coefficient (Wildman–Crippen LogP) is 4.96. The van der Waals surface area contributed by atoms with Crippen molar-refractivity contribution in [1.82, 2.24) is 0 Å². The second-order valence-corrected chi connectivity index (χ2v) is 6.49. The fourth-order valence-electron chi connectivity index (χ4n) is 2.93. The third-order valence-corrected chi connectivity index (χ3v) is 4.42. The SMILES string of the molecule is COC(=O)CCc1ccc(OCc2cccc(Cc3ccccc3)c2)cc1. The zero-order valence-electron chi connectivity index (χ0n) is 15.6. The first-order valence-electron chi connectivity index (χ1n) is 9.13. The molecule has 0 N–H and O–H groups in total. The van der Waals surface area contributed by atoms with Crippen molar-refractivity contribution >= 4 is 5.97 Å². The van der Waals surface area contributed by atoms with Gasteiger partial charge in [-0.25, -0.2) is 0 Å². The summed E-state index contributed by atoms with van der Waals surface area (Å²) in [5.74, 6) is 0.635. The normalized spacial score (nSPS) is 10.4. The van der Waals surface area contributed by atoms with Crippen molar-refractivity contribution in [2.24, 2.45) is 0 Å². The van der Waals surface area contributed by atoms with E-state index in [0.29, 0.717) is 19.4 Å². The molecule has 3 heteroatoms. The van der Waals surface area contributed by atoms with E-state index >= 15 is 0 Å². The van der Waals surface area contributed by atoms with Crippen LogP contribution in [-0.4, -0.2) is 13.1 Å². The number of rotatable bonds is 8. The molecule has 0 aliphatic rings. The highest BCUT2D eigenvalue weighted by atomic mass is 16.5. The number of aryl methyl sites for hydroxylation is 1. The average Bonchev–Trinajstić information content (AvgIpc) is 2.72. The summed E-state index contributed by atoms with van der Waals surface area (Å²) in [6.45, 7) is 0.532. The molecule has 3 aromatic rings. The van der Waals surface area contributed by atoms with Crippen molar-refractivity contribution in [2.75, 3.05) is 7.11 Å². The molecule has 0 bridgehead atoms. The second kappa shape index (κ2) is 9.58. The molecular weight excluding hydrogens is 336 g/mol. The van der Waals surface area contributed by atoms with E-state index in [4.69, 9.17) is 4.74 Å². The van der Waals surface area contributed by atoms with E-state index in [2.05, 4.69) is 53.3 Å². The largest absolute Gasteiger partial charge is 0.489 e. The van der Waals surface area contributed by atoms with Crippen LogP contribution >= 0.6 is 0 Å². The van der Waals surface area contributed by atoms with Gasteiger partial charge in [0, 0.05) is 6.42 Å². The smallest absolute Gasteiger partial charge is 0.305 e. The minimum absolute atomic E-state index is 0.189. The Kier molecular flexibility index (Phi) is 6.64.